The number of anilines is 2. The normalized spacial score (nSPS) is 16.9. The molecule has 0 saturated carbocycles. The van der Waals surface area contributed by atoms with Crippen molar-refractivity contribution < 1.29 is 0 Å². The molecule has 1 atom stereocenters. The van der Waals surface area contributed by atoms with Crippen LogP contribution in [0.3, 0.4) is 0 Å². The molecule has 0 spiro atoms. The minimum Gasteiger partial charge on any atom is -0.356 e. The minimum absolute atomic E-state index is 0.0880. The van der Waals surface area contributed by atoms with Crippen LogP contribution in [-0.4, -0.2) is 44.8 Å². The minimum atomic E-state index is -0.0880. The summed E-state index contributed by atoms with van der Waals surface area (Å²) in [6.45, 7) is 5.10. The molecule has 160 valence electrons. The fourth-order valence-corrected chi connectivity index (χ4v) is 4.03. The van der Waals surface area contributed by atoms with Gasteiger partial charge in [-0.1, -0.05) is 43.7 Å². The van der Waals surface area contributed by atoms with Crippen molar-refractivity contribution in [3.8, 4) is 0 Å². The SMILES string of the molecule is CCCCNc1nc2nc(N3CCCC(N)C3)n(Cc3ccccc3)c2c(=O)n1C. The average molecular weight is 410 g/mol. The molecule has 0 radical (unpaired) electrons. The molecule has 1 aromatic carbocycles. The molecule has 0 aliphatic carbocycles. The highest BCUT2D eigenvalue weighted by Crippen LogP contribution is 2.24. The first-order valence-electron chi connectivity index (χ1n) is 10.8. The molecule has 2 aromatic heterocycles. The van der Waals surface area contributed by atoms with E-state index in [-0.39, 0.29) is 11.6 Å². The predicted octanol–water partition coefficient (Wildman–Crippen LogP) is 2.32. The molecular weight excluding hydrogens is 378 g/mol. The Morgan fingerprint density at radius 3 is 2.77 bits per heavy atom. The third-order valence-corrected chi connectivity index (χ3v) is 5.70. The third-order valence-electron chi connectivity index (χ3n) is 5.70. The molecule has 3 heterocycles. The highest BCUT2D eigenvalue weighted by atomic mass is 16.1. The zero-order chi connectivity index (χ0) is 21.1. The van der Waals surface area contributed by atoms with Crippen LogP contribution in [0.2, 0.25) is 0 Å². The van der Waals surface area contributed by atoms with E-state index in [4.69, 9.17) is 15.7 Å². The number of hydrogen-bond donors (Lipinski definition) is 2. The summed E-state index contributed by atoms with van der Waals surface area (Å²) < 4.78 is 3.60. The van der Waals surface area contributed by atoms with Gasteiger partial charge >= 0.3 is 0 Å². The first-order chi connectivity index (χ1) is 14.6. The monoisotopic (exact) mass is 409 g/mol. The summed E-state index contributed by atoms with van der Waals surface area (Å²) in [6.07, 6.45) is 4.13. The third kappa shape index (κ3) is 4.05. The fourth-order valence-electron chi connectivity index (χ4n) is 4.03. The van der Waals surface area contributed by atoms with Crippen molar-refractivity contribution in [2.45, 2.75) is 45.2 Å². The summed E-state index contributed by atoms with van der Waals surface area (Å²) in [4.78, 5) is 25.1. The lowest BCUT2D eigenvalue weighted by atomic mass is 10.1. The summed E-state index contributed by atoms with van der Waals surface area (Å²) in [6, 6.07) is 10.3. The summed E-state index contributed by atoms with van der Waals surface area (Å²) in [5.41, 5.74) is 8.29. The van der Waals surface area contributed by atoms with Gasteiger partial charge in [0, 0.05) is 32.7 Å². The van der Waals surface area contributed by atoms with Crippen molar-refractivity contribution in [2.24, 2.45) is 12.8 Å². The molecule has 3 aromatic rings. The second-order valence-electron chi connectivity index (χ2n) is 8.08. The zero-order valence-electron chi connectivity index (χ0n) is 17.8. The second-order valence-corrected chi connectivity index (χ2v) is 8.08. The van der Waals surface area contributed by atoms with Crippen LogP contribution >= 0.6 is 0 Å². The molecule has 30 heavy (non-hydrogen) atoms. The molecule has 8 heteroatoms. The van der Waals surface area contributed by atoms with Crippen LogP contribution < -0.4 is 21.5 Å². The lowest BCUT2D eigenvalue weighted by molar-refractivity contribution is 0.495. The van der Waals surface area contributed by atoms with Gasteiger partial charge in [-0.25, -0.2) is 0 Å². The maximum Gasteiger partial charge on any atom is 0.281 e. The van der Waals surface area contributed by atoms with Gasteiger partial charge in [0.15, 0.2) is 11.2 Å². The Morgan fingerprint density at radius 2 is 2.03 bits per heavy atom. The van der Waals surface area contributed by atoms with E-state index in [9.17, 15) is 4.79 Å². The Morgan fingerprint density at radius 1 is 1.23 bits per heavy atom. The number of nitrogens with two attached hydrogens (primary N) is 1. The lowest BCUT2D eigenvalue weighted by Gasteiger charge is -2.31. The van der Waals surface area contributed by atoms with Crippen molar-refractivity contribution in [3.05, 3.63) is 46.2 Å². The predicted molar refractivity (Wildman–Crippen MR) is 121 cm³/mol. The van der Waals surface area contributed by atoms with Crippen molar-refractivity contribution in [1.82, 2.24) is 19.1 Å². The van der Waals surface area contributed by atoms with Gasteiger partial charge in [-0.05, 0) is 24.8 Å². The molecule has 1 unspecified atom stereocenters. The molecule has 1 saturated heterocycles. The van der Waals surface area contributed by atoms with Gasteiger partial charge in [-0.2, -0.15) is 9.97 Å². The van der Waals surface area contributed by atoms with Crippen molar-refractivity contribution in [1.29, 1.82) is 0 Å². The molecule has 4 rings (SSSR count). The summed E-state index contributed by atoms with van der Waals surface area (Å²) in [5.74, 6) is 1.34. The molecule has 3 N–H and O–H groups in total. The van der Waals surface area contributed by atoms with Gasteiger partial charge in [0.25, 0.3) is 5.56 Å². The molecule has 8 nitrogen and oxygen atoms in total. The van der Waals surface area contributed by atoms with Crippen LogP contribution in [0.25, 0.3) is 11.2 Å². The maximum absolute atomic E-state index is 13.3. The van der Waals surface area contributed by atoms with E-state index < -0.39 is 0 Å². The van der Waals surface area contributed by atoms with Crippen LogP contribution in [0.1, 0.15) is 38.2 Å². The average Bonchev–Trinajstić information content (AvgIpc) is 3.10. The van der Waals surface area contributed by atoms with Crippen LogP contribution in [0.15, 0.2) is 35.1 Å². The number of fused-ring (bicyclic) bond motifs is 1. The zero-order valence-corrected chi connectivity index (χ0v) is 17.8. The van der Waals surface area contributed by atoms with E-state index in [1.165, 1.54) is 0 Å². The first kappa shape index (κ1) is 20.4. The van der Waals surface area contributed by atoms with E-state index >= 15 is 0 Å². The Labute approximate surface area is 176 Å². The Hall–Kier alpha value is -2.87. The molecule has 0 amide bonds. The smallest absolute Gasteiger partial charge is 0.281 e. The summed E-state index contributed by atoms with van der Waals surface area (Å²) in [5, 5.41) is 3.28. The van der Waals surface area contributed by atoms with Gasteiger partial charge in [0.2, 0.25) is 11.9 Å². The van der Waals surface area contributed by atoms with Crippen molar-refractivity contribution in [3.63, 3.8) is 0 Å². The van der Waals surface area contributed by atoms with Crippen LogP contribution in [-0.2, 0) is 13.6 Å². The molecule has 1 aliphatic heterocycles. The number of unbranched alkanes of at least 4 members (excludes halogenated alkanes) is 1. The molecule has 1 fully saturated rings. The van der Waals surface area contributed by atoms with E-state index in [1.807, 2.05) is 22.8 Å². The van der Waals surface area contributed by atoms with E-state index in [0.717, 1.165) is 56.8 Å². The summed E-state index contributed by atoms with van der Waals surface area (Å²) in [7, 11) is 1.76. The number of piperidine rings is 1. The quantitative estimate of drug-likeness (QED) is 0.582. The van der Waals surface area contributed by atoms with Gasteiger partial charge in [-0.15, -0.1) is 0 Å². The number of imidazole rings is 1. The van der Waals surface area contributed by atoms with Crippen LogP contribution in [0, 0.1) is 0 Å². The fraction of sp³-hybridized carbons (Fsp3) is 0.500. The number of hydrogen-bond acceptors (Lipinski definition) is 6. The van der Waals surface area contributed by atoms with Crippen molar-refractivity contribution in [2.75, 3.05) is 29.9 Å². The van der Waals surface area contributed by atoms with E-state index in [1.54, 1.807) is 11.6 Å². The standard InChI is InChI=1S/C22H31N7O/c1-3-4-12-24-21-25-19-18(20(30)27(21)2)29(14-16-9-6-5-7-10-16)22(26-19)28-13-8-11-17(23)15-28/h5-7,9-10,17H,3-4,8,11-15,23H2,1-2H3,(H,24,25). The number of rotatable bonds is 7. The lowest BCUT2D eigenvalue weighted by Crippen LogP contribution is -2.44. The number of nitrogens with zero attached hydrogens (tertiary/aromatic N) is 5. The van der Waals surface area contributed by atoms with Crippen LogP contribution in [0.5, 0.6) is 0 Å². The largest absolute Gasteiger partial charge is 0.356 e. The number of aromatic nitrogens is 4. The Kier molecular flexibility index (Phi) is 6.03. The molecule has 0 bridgehead atoms. The number of nitrogens with one attached hydrogen (secondary N) is 1. The Bertz CT molecular complexity index is 1060. The molecular formula is C22H31N7O. The van der Waals surface area contributed by atoms with Crippen LogP contribution in [0.4, 0.5) is 11.9 Å². The topological polar surface area (TPSA) is 94.0 Å². The first-order valence-corrected chi connectivity index (χ1v) is 10.8. The van der Waals surface area contributed by atoms with Crippen molar-refractivity contribution >= 4 is 23.1 Å². The van der Waals surface area contributed by atoms with Gasteiger partial charge in [0.1, 0.15) is 0 Å². The molecule has 1 aliphatic rings. The number of benzene rings is 1. The second kappa shape index (κ2) is 8.87. The van der Waals surface area contributed by atoms with Gasteiger partial charge in [0.05, 0.1) is 6.54 Å². The van der Waals surface area contributed by atoms with Gasteiger partial charge < -0.3 is 16.0 Å². The maximum atomic E-state index is 13.3. The van der Waals surface area contributed by atoms with E-state index in [2.05, 4.69) is 29.3 Å². The summed E-state index contributed by atoms with van der Waals surface area (Å²) >= 11 is 0. The van der Waals surface area contributed by atoms with Gasteiger partial charge in [-0.3, -0.25) is 13.9 Å². The Balaban J connectivity index is 1.82. The van der Waals surface area contributed by atoms with E-state index in [0.29, 0.717) is 23.7 Å². The highest BCUT2D eigenvalue weighted by molar-refractivity contribution is 5.75. The highest BCUT2D eigenvalue weighted by Gasteiger charge is 2.25.